The number of nitrogens with zero attached hydrogens (tertiary/aromatic N) is 1. The average molecular weight is 273 g/mol. The fourth-order valence-electron chi connectivity index (χ4n) is 1.60. The van der Waals surface area contributed by atoms with Crippen molar-refractivity contribution in [2.24, 2.45) is 0 Å². The lowest BCUT2D eigenvalue weighted by atomic mass is 10.2. The highest BCUT2D eigenvalue weighted by Gasteiger charge is 2.05. The SMILES string of the molecule is c1ccc(CSc2ccc(-c3ccon3)s2)cc1. The number of hydrogen-bond donors (Lipinski definition) is 0. The highest BCUT2D eigenvalue weighted by atomic mass is 32.2. The molecule has 90 valence electrons. The second-order valence-corrected chi connectivity index (χ2v) is 6.14. The minimum atomic E-state index is 0.909. The summed E-state index contributed by atoms with van der Waals surface area (Å²) in [5.74, 6) is 1.000. The molecule has 0 unspecified atom stereocenters. The van der Waals surface area contributed by atoms with Crippen LogP contribution in [0.2, 0.25) is 0 Å². The summed E-state index contributed by atoms with van der Waals surface area (Å²) in [6, 6.07) is 16.6. The summed E-state index contributed by atoms with van der Waals surface area (Å²) in [5, 5.41) is 3.94. The summed E-state index contributed by atoms with van der Waals surface area (Å²) in [5.41, 5.74) is 2.26. The predicted molar refractivity (Wildman–Crippen MR) is 75.8 cm³/mol. The molecule has 18 heavy (non-hydrogen) atoms. The molecule has 0 radical (unpaired) electrons. The van der Waals surface area contributed by atoms with Gasteiger partial charge in [0.15, 0.2) is 0 Å². The van der Waals surface area contributed by atoms with Crippen molar-refractivity contribution in [3.05, 3.63) is 60.4 Å². The predicted octanol–water partition coefficient (Wildman–Crippen LogP) is 4.70. The minimum absolute atomic E-state index is 0.909. The number of thiophene rings is 1. The van der Waals surface area contributed by atoms with Gasteiger partial charge < -0.3 is 4.52 Å². The van der Waals surface area contributed by atoms with Crippen LogP contribution in [-0.2, 0) is 5.75 Å². The van der Waals surface area contributed by atoms with E-state index in [2.05, 4.69) is 41.6 Å². The molecule has 3 aromatic rings. The Morgan fingerprint density at radius 3 is 2.72 bits per heavy atom. The van der Waals surface area contributed by atoms with E-state index in [1.807, 2.05) is 23.9 Å². The zero-order valence-electron chi connectivity index (χ0n) is 9.58. The summed E-state index contributed by atoms with van der Waals surface area (Å²) in [6.07, 6.45) is 1.60. The summed E-state index contributed by atoms with van der Waals surface area (Å²) in [4.78, 5) is 1.15. The van der Waals surface area contributed by atoms with Gasteiger partial charge in [0.05, 0.1) is 9.09 Å². The number of aromatic nitrogens is 1. The first kappa shape index (κ1) is 11.6. The standard InChI is InChI=1S/C14H11NOS2/c1-2-4-11(5-3-1)10-17-14-7-6-13(18-14)12-8-9-16-15-12/h1-9H,10H2. The highest BCUT2D eigenvalue weighted by molar-refractivity contribution is 8.00. The topological polar surface area (TPSA) is 26.0 Å². The van der Waals surface area contributed by atoms with Gasteiger partial charge >= 0.3 is 0 Å². The van der Waals surface area contributed by atoms with Crippen molar-refractivity contribution in [2.45, 2.75) is 9.96 Å². The second-order valence-electron chi connectivity index (χ2n) is 3.78. The average Bonchev–Trinajstić information content (AvgIpc) is 3.08. The van der Waals surface area contributed by atoms with E-state index in [0.717, 1.165) is 16.3 Å². The maximum atomic E-state index is 4.86. The first-order chi connectivity index (χ1) is 8.92. The molecule has 0 bridgehead atoms. The van der Waals surface area contributed by atoms with Crippen molar-refractivity contribution in [1.82, 2.24) is 5.16 Å². The monoisotopic (exact) mass is 273 g/mol. The Labute approximate surface area is 114 Å². The van der Waals surface area contributed by atoms with Crippen molar-refractivity contribution in [3.63, 3.8) is 0 Å². The Morgan fingerprint density at radius 1 is 1.06 bits per heavy atom. The molecule has 1 aromatic carbocycles. The van der Waals surface area contributed by atoms with Gasteiger partial charge in [0.2, 0.25) is 0 Å². The quantitative estimate of drug-likeness (QED) is 0.645. The van der Waals surface area contributed by atoms with Gasteiger partial charge in [-0.25, -0.2) is 0 Å². The van der Waals surface area contributed by atoms with E-state index in [9.17, 15) is 0 Å². The first-order valence-electron chi connectivity index (χ1n) is 5.59. The summed E-state index contributed by atoms with van der Waals surface area (Å²) in [7, 11) is 0. The lowest BCUT2D eigenvalue weighted by Crippen LogP contribution is -1.76. The fourth-order valence-corrected chi connectivity index (χ4v) is 3.65. The zero-order valence-corrected chi connectivity index (χ0v) is 11.2. The van der Waals surface area contributed by atoms with Gasteiger partial charge in [0, 0.05) is 11.8 Å². The molecule has 4 heteroatoms. The summed E-state index contributed by atoms with van der Waals surface area (Å²) in [6.45, 7) is 0. The Balaban J connectivity index is 1.68. The third-order valence-electron chi connectivity index (χ3n) is 2.50. The van der Waals surface area contributed by atoms with Crippen LogP contribution in [0.25, 0.3) is 10.6 Å². The lowest BCUT2D eigenvalue weighted by molar-refractivity contribution is 0.422. The van der Waals surface area contributed by atoms with E-state index < -0.39 is 0 Å². The van der Waals surface area contributed by atoms with Gasteiger partial charge in [0.1, 0.15) is 12.0 Å². The molecule has 3 rings (SSSR count). The van der Waals surface area contributed by atoms with E-state index in [1.54, 1.807) is 17.6 Å². The minimum Gasteiger partial charge on any atom is -0.364 e. The normalized spacial score (nSPS) is 10.7. The second kappa shape index (κ2) is 5.42. The number of benzene rings is 1. The Bertz CT molecular complexity index is 602. The maximum absolute atomic E-state index is 4.86. The smallest absolute Gasteiger partial charge is 0.124 e. The summed E-state index contributed by atoms with van der Waals surface area (Å²) < 4.78 is 6.16. The molecule has 0 spiro atoms. The van der Waals surface area contributed by atoms with Crippen LogP contribution in [0.3, 0.4) is 0 Å². The molecule has 0 N–H and O–H groups in total. The van der Waals surface area contributed by atoms with E-state index in [1.165, 1.54) is 9.77 Å². The fraction of sp³-hybridized carbons (Fsp3) is 0.0714. The molecule has 0 aliphatic heterocycles. The van der Waals surface area contributed by atoms with E-state index in [4.69, 9.17) is 4.52 Å². The van der Waals surface area contributed by atoms with Crippen molar-refractivity contribution < 1.29 is 4.52 Å². The van der Waals surface area contributed by atoms with Crippen LogP contribution in [0, 0.1) is 0 Å². The highest BCUT2D eigenvalue weighted by Crippen LogP contribution is 2.34. The Morgan fingerprint density at radius 2 is 1.94 bits per heavy atom. The third-order valence-corrected chi connectivity index (χ3v) is 4.90. The van der Waals surface area contributed by atoms with Crippen LogP contribution < -0.4 is 0 Å². The van der Waals surface area contributed by atoms with Crippen LogP contribution in [0.4, 0.5) is 0 Å². The van der Waals surface area contributed by atoms with Crippen LogP contribution in [0.5, 0.6) is 0 Å². The molecule has 2 aromatic heterocycles. The van der Waals surface area contributed by atoms with Gasteiger partial charge in [-0.15, -0.1) is 23.1 Å². The molecule has 0 atom stereocenters. The molecule has 0 amide bonds. The maximum Gasteiger partial charge on any atom is 0.124 e. The van der Waals surface area contributed by atoms with E-state index >= 15 is 0 Å². The number of hydrogen-bond acceptors (Lipinski definition) is 4. The largest absolute Gasteiger partial charge is 0.364 e. The number of thioether (sulfide) groups is 1. The van der Waals surface area contributed by atoms with Crippen molar-refractivity contribution in [1.29, 1.82) is 0 Å². The van der Waals surface area contributed by atoms with Gasteiger partial charge in [0.25, 0.3) is 0 Å². The Hall–Kier alpha value is -1.52. The lowest BCUT2D eigenvalue weighted by Gasteiger charge is -1.98. The molecule has 0 saturated heterocycles. The molecule has 0 fully saturated rings. The van der Waals surface area contributed by atoms with Crippen LogP contribution in [0.1, 0.15) is 5.56 Å². The van der Waals surface area contributed by atoms with Gasteiger partial charge in [-0.1, -0.05) is 35.5 Å². The van der Waals surface area contributed by atoms with Gasteiger partial charge in [-0.05, 0) is 17.7 Å². The molecule has 0 saturated carbocycles. The molecule has 2 nitrogen and oxygen atoms in total. The van der Waals surface area contributed by atoms with Crippen molar-refractivity contribution in [3.8, 4) is 10.6 Å². The van der Waals surface area contributed by atoms with Crippen molar-refractivity contribution in [2.75, 3.05) is 0 Å². The first-order valence-corrected chi connectivity index (χ1v) is 7.39. The Kier molecular flexibility index (Phi) is 3.48. The van der Waals surface area contributed by atoms with E-state index in [0.29, 0.717) is 0 Å². The zero-order chi connectivity index (χ0) is 12.2. The molecular weight excluding hydrogens is 262 g/mol. The van der Waals surface area contributed by atoms with Gasteiger partial charge in [-0.2, -0.15) is 0 Å². The third kappa shape index (κ3) is 2.66. The number of rotatable bonds is 4. The molecule has 2 heterocycles. The van der Waals surface area contributed by atoms with E-state index in [-0.39, 0.29) is 0 Å². The molecular formula is C14H11NOS2. The molecule has 0 aliphatic carbocycles. The summed E-state index contributed by atoms with van der Waals surface area (Å²) >= 11 is 3.60. The van der Waals surface area contributed by atoms with Crippen molar-refractivity contribution >= 4 is 23.1 Å². The molecule has 0 aliphatic rings. The van der Waals surface area contributed by atoms with Crippen LogP contribution in [-0.4, -0.2) is 5.16 Å². The van der Waals surface area contributed by atoms with Crippen LogP contribution in [0.15, 0.2) is 63.5 Å². The van der Waals surface area contributed by atoms with Gasteiger partial charge in [-0.3, -0.25) is 0 Å². The van der Waals surface area contributed by atoms with Crippen LogP contribution >= 0.6 is 23.1 Å².